The number of carbonyl (C=O) groups excluding carboxylic acids is 1. The molecule has 0 aromatic carbocycles. The first kappa shape index (κ1) is 19.0. The van der Waals surface area contributed by atoms with Crippen molar-refractivity contribution in [3.8, 4) is 0 Å². The van der Waals surface area contributed by atoms with Gasteiger partial charge in [0.1, 0.15) is 12.4 Å². The molecule has 0 amide bonds. The smallest absolute Gasteiger partial charge is 0.430 e. The van der Waals surface area contributed by atoms with Gasteiger partial charge in [0.15, 0.2) is 8.32 Å². The van der Waals surface area contributed by atoms with E-state index in [0.29, 0.717) is 5.76 Å². The van der Waals surface area contributed by atoms with Crippen molar-refractivity contribution >= 4 is 14.5 Å². The molecule has 0 aliphatic heterocycles. The monoisotopic (exact) mass is 326 g/mol. The van der Waals surface area contributed by atoms with Gasteiger partial charge >= 0.3 is 6.16 Å². The lowest BCUT2D eigenvalue weighted by Crippen LogP contribution is -2.43. The van der Waals surface area contributed by atoms with E-state index in [-0.39, 0.29) is 17.7 Å². The zero-order valence-corrected chi connectivity index (χ0v) is 15.6. The molecule has 22 heavy (non-hydrogen) atoms. The molecule has 1 atom stereocenters. The molecule has 0 aromatic rings. The SMILES string of the molecule is C=CCOC(=O)OC1=C[C@H](O[Si](C)(C)C(C)(C)C)CCCC1. The second-order valence-corrected chi connectivity index (χ2v) is 12.0. The molecule has 0 bridgehead atoms. The van der Waals surface area contributed by atoms with Gasteiger partial charge in [-0.15, -0.1) is 0 Å². The van der Waals surface area contributed by atoms with Crippen LogP contribution in [0, 0.1) is 0 Å². The van der Waals surface area contributed by atoms with Gasteiger partial charge in [0.2, 0.25) is 0 Å². The van der Waals surface area contributed by atoms with Crippen LogP contribution < -0.4 is 0 Å². The summed E-state index contributed by atoms with van der Waals surface area (Å²) < 4.78 is 16.6. The molecule has 5 heteroatoms. The first-order valence-electron chi connectivity index (χ1n) is 8.00. The normalized spacial score (nSPS) is 19.9. The third kappa shape index (κ3) is 5.97. The van der Waals surface area contributed by atoms with E-state index in [4.69, 9.17) is 13.9 Å². The standard InChI is InChI=1S/C17H30O4Si/c1-7-12-19-16(18)20-14-10-8-9-11-15(13-14)21-22(5,6)17(2,3)4/h7,13,15H,1,8-12H2,2-6H3/t15-/m1/s1. The summed E-state index contributed by atoms with van der Waals surface area (Å²) in [4.78, 5) is 11.6. The van der Waals surface area contributed by atoms with E-state index in [2.05, 4.69) is 40.4 Å². The van der Waals surface area contributed by atoms with E-state index < -0.39 is 14.5 Å². The lowest BCUT2D eigenvalue weighted by Gasteiger charge is -2.38. The van der Waals surface area contributed by atoms with E-state index in [1.165, 1.54) is 6.08 Å². The third-order valence-electron chi connectivity index (χ3n) is 4.32. The molecule has 1 aliphatic carbocycles. The fourth-order valence-corrected chi connectivity index (χ4v) is 3.31. The Kier molecular flexibility index (Phi) is 6.87. The Balaban J connectivity index is 2.72. The van der Waals surface area contributed by atoms with Crippen molar-refractivity contribution in [2.75, 3.05) is 6.61 Å². The number of ether oxygens (including phenoxy) is 2. The molecular weight excluding hydrogens is 296 g/mol. The zero-order valence-electron chi connectivity index (χ0n) is 14.6. The highest BCUT2D eigenvalue weighted by Crippen LogP contribution is 2.38. The molecule has 0 N–H and O–H groups in total. The highest BCUT2D eigenvalue weighted by molar-refractivity contribution is 6.74. The van der Waals surface area contributed by atoms with Gasteiger partial charge in [-0.1, -0.05) is 39.8 Å². The molecular formula is C17H30O4Si. The number of carbonyl (C=O) groups is 1. The predicted molar refractivity (Wildman–Crippen MR) is 91.3 cm³/mol. The number of allylic oxidation sites excluding steroid dienone is 1. The van der Waals surface area contributed by atoms with Gasteiger partial charge < -0.3 is 13.9 Å². The topological polar surface area (TPSA) is 44.8 Å². The van der Waals surface area contributed by atoms with Crippen LogP contribution in [0.3, 0.4) is 0 Å². The Morgan fingerprint density at radius 3 is 2.68 bits per heavy atom. The van der Waals surface area contributed by atoms with Gasteiger partial charge in [-0.05, 0) is 37.0 Å². The van der Waals surface area contributed by atoms with Gasteiger partial charge in [-0.3, -0.25) is 0 Å². The van der Waals surface area contributed by atoms with Crippen LogP contribution in [-0.2, 0) is 13.9 Å². The molecule has 0 fully saturated rings. The van der Waals surface area contributed by atoms with E-state index in [9.17, 15) is 4.79 Å². The lowest BCUT2D eigenvalue weighted by atomic mass is 10.2. The summed E-state index contributed by atoms with van der Waals surface area (Å²) in [7, 11) is -1.83. The average Bonchev–Trinajstić information content (AvgIpc) is 2.59. The summed E-state index contributed by atoms with van der Waals surface area (Å²) >= 11 is 0. The van der Waals surface area contributed by atoms with Crippen LogP contribution in [0.1, 0.15) is 46.5 Å². The van der Waals surface area contributed by atoms with Crippen molar-refractivity contribution in [2.24, 2.45) is 0 Å². The second-order valence-electron chi connectivity index (χ2n) is 7.25. The van der Waals surface area contributed by atoms with Crippen LogP contribution in [-0.4, -0.2) is 27.2 Å². The van der Waals surface area contributed by atoms with Crippen molar-refractivity contribution in [1.82, 2.24) is 0 Å². The molecule has 0 aromatic heterocycles. The predicted octanol–water partition coefficient (Wildman–Crippen LogP) is 5.17. The summed E-state index contributed by atoms with van der Waals surface area (Å²) in [5.74, 6) is 0.662. The van der Waals surface area contributed by atoms with Crippen LogP contribution >= 0.6 is 0 Å². The summed E-state index contributed by atoms with van der Waals surface area (Å²) in [6.07, 6.45) is 6.63. The number of rotatable bonds is 5. The highest BCUT2D eigenvalue weighted by Gasteiger charge is 2.39. The van der Waals surface area contributed by atoms with Gasteiger partial charge in [0, 0.05) is 6.42 Å². The molecule has 0 radical (unpaired) electrons. The molecule has 1 aliphatic rings. The average molecular weight is 327 g/mol. The molecule has 0 saturated heterocycles. The summed E-state index contributed by atoms with van der Waals surface area (Å²) in [5.41, 5.74) is 0. The Bertz CT molecular complexity index is 421. The van der Waals surface area contributed by atoms with Crippen molar-refractivity contribution < 1.29 is 18.7 Å². The summed E-state index contributed by atoms with van der Waals surface area (Å²) in [6, 6.07) is 0. The molecule has 0 spiro atoms. The van der Waals surface area contributed by atoms with Crippen LogP contribution in [0.2, 0.25) is 18.1 Å². The molecule has 0 heterocycles. The largest absolute Gasteiger partial charge is 0.513 e. The van der Waals surface area contributed by atoms with Gasteiger partial charge in [0.25, 0.3) is 0 Å². The number of hydrogen-bond acceptors (Lipinski definition) is 4. The number of hydrogen-bond donors (Lipinski definition) is 0. The minimum atomic E-state index is -1.83. The van der Waals surface area contributed by atoms with E-state index in [1.807, 2.05) is 6.08 Å². The van der Waals surface area contributed by atoms with Crippen molar-refractivity contribution in [1.29, 1.82) is 0 Å². The van der Waals surface area contributed by atoms with Gasteiger partial charge in [-0.25, -0.2) is 4.79 Å². The van der Waals surface area contributed by atoms with Gasteiger partial charge in [0.05, 0.1) is 6.10 Å². The maximum atomic E-state index is 11.6. The van der Waals surface area contributed by atoms with Crippen LogP contribution in [0.4, 0.5) is 4.79 Å². The van der Waals surface area contributed by atoms with E-state index in [1.54, 1.807) is 0 Å². The second kappa shape index (κ2) is 7.97. The fourth-order valence-electron chi connectivity index (χ4n) is 2.02. The third-order valence-corrected chi connectivity index (χ3v) is 8.82. The van der Waals surface area contributed by atoms with Crippen molar-refractivity contribution in [2.45, 2.75) is 70.7 Å². The molecule has 4 nitrogen and oxygen atoms in total. The van der Waals surface area contributed by atoms with Crippen LogP contribution in [0.5, 0.6) is 0 Å². The summed E-state index contributed by atoms with van der Waals surface area (Å²) in [5, 5.41) is 0.164. The molecule has 1 rings (SSSR count). The minimum absolute atomic E-state index is 0.0191. The quantitative estimate of drug-likeness (QED) is 0.397. The maximum Gasteiger partial charge on any atom is 0.513 e. The Morgan fingerprint density at radius 1 is 1.41 bits per heavy atom. The van der Waals surface area contributed by atoms with Crippen molar-refractivity contribution in [3.05, 3.63) is 24.5 Å². The lowest BCUT2D eigenvalue weighted by molar-refractivity contribution is 0.0833. The minimum Gasteiger partial charge on any atom is -0.430 e. The first-order valence-corrected chi connectivity index (χ1v) is 10.9. The van der Waals surface area contributed by atoms with Gasteiger partial charge in [-0.2, -0.15) is 0 Å². The molecule has 0 unspecified atom stereocenters. The Labute approximate surface area is 135 Å². The first-order chi connectivity index (χ1) is 10.2. The Morgan fingerprint density at radius 2 is 2.09 bits per heavy atom. The van der Waals surface area contributed by atoms with Crippen molar-refractivity contribution in [3.63, 3.8) is 0 Å². The van der Waals surface area contributed by atoms with E-state index in [0.717, 1.165) is 25.7 Å². The van der Waals surface area contributed by atoms with Crippen LogP contribution in [0.15, 0.2) is 24.5 Å². The Hall–Kier alpha value is -1.07. The summed E-state index contributed by atoms with van der Waals surface area (Å²) in [6.45, 7) is 14.8. The molecule has 126 valence electrons. The maximum absolute atomic E-state index is 11.6. The van der Waals surface area contributed by atoms with E-state index >= 15 is 0 Å². The zero-order chi connectivity index (χ0) is 16.8. The highest BCUT2D eigenvalue weighted by atomic mass is 28.4. The molecule has 0 saturated carbocycles. The van der Waals surface area contributed by atoms with Crippen LogP contribution in [0.25, 0.3) is 0 Å². The fraction of sp³-hybridized carbons (Fsp3) is 0.706.